The Morgan fingerprint density at radius 2 is 2.31 bits per heavy atom. The van der Waals surface area contributed by atoms with Crippen molar-refractivity contribution in [2.45, 2.75) is 11.1 Å². The topological polar surface area (TPSA) is 33.1 Å². The lowest BCUT2D eigenvalue weighted by molar-refractivity contribution is 0.226. The number of rotatable bonds is 4. The highest BCUT2D eigenvalue weighted by molar-refractivity contribution is 9.10. The predicted molar refractivity (Wildman–Crippen MR) is 62.5 cm³/mol. The van der Waals surface area contributed by atoms with Crippen molar-refractivity contribution in [3.63, 3.8) is 0 Å². The highest BCUT2D eigenvalue weighted by Gasteiger charge is 2.03. The number of aliphatic hydroxyl groups excluding tert-OH is 1. The molecule has 1 N–H and O–H groups in total. The molecule has 1 atom stereocenters. The van der Waals surface area contributed by atoms with Gasteiger partial charge in [0.2, 0.25) is 0 Å². The van der Waals surface area contributed by atoms with Gasteiger partial charge in [-0.1, -0.05) is 15.9 Å². The van der Waals surface area contributed by atoms with E-state index in [0.717, 1.165) is 9.50 Å². The zero-order valence-corrected chi connectivity index (χ0v) is 10.8. The molecule has 0 fully saturated rings. The minimum atomic E-state index is -0.310. The van der Waals surface area contributed by atoms with Gasteiger partial charge in [0.25, 0.3) is 0 Å². The Labute approximate surface area is 98.4 Å². The molecule has 0 aliphatic heterocycles. The van der Waals surface area contributed by atoms with E-state index in [1.807, 2.05) is 12.1 Å². The summed E-state index contributed by atoms with van der Waals surface area (Å²) in [5.41, 5.74) is 0. The summed E-state index contributed by atoms with van der Waals surface area (Å²) in [6.07, 6.45) is 1.44. The molecule has 2 nitrogen and oxygen atoms in total. The number of aromatic nitrogens is 1. The number of hydrogen-bond donors (Lipinski definition) is 1. The molecule has 5 heteroatoms. The van der Waals surface area contributed by atoms with Crippen LogP contribution < -0.4 is 0 Å². The number of pyridine rings is 1. The van der Waals surface area contributed by atoms with E-state index < -0.39 is 0 Å². The number of alkyl halides is 1. The SMILES string of the molecule is OC(CBr)CSc1ccc(Br)cn1. The van der Waals surface area contributed by atoms with Crippen molar-refractivity contribution in [3.8, 4) is 0 Å². The number of thioether (sulfide) groups is 1. The van der Waals surface area contributed by atoms with E-state index in [4.69, 9.17) is 0 Å². The fourth-order valence-electron chi connectivity index (χ4n) is 0.674. The molecule has 1 heterocycles. The van der Waals surface area contributed by atoms with Gasteiger partial charge in [-0.15, -0.1) is 11.8 Å². The maximum absolute atomic E-state index is 9.27. The molecule has 0 aromatic carbocycles. The lowest BCUT2D eigenvalue weighted by Crippen LogP contribution is -2.10. The van der Waals surface area contributed by atoms with Crippen LogP contribution in [0.3, 0.4) is 0 Å². The Morgan fingerprint density at radius 1 is 1.54 bits per heavy atom. The fourth-order valence-corrected chi connectivity index (χ4v) is 2.21. The summed E-state index contributed by atoms with van der Waals surface area (Å²) < 4.78 is 0.970. The molecular formula is C8H9Br2NOS. The molecule has 0 radical (unpaired) electrons. The standard InChI is InChI=1S/C8H9Br2NOS/c9-3-7(12)5-13-8-2-1-6(10)4-11-8/h1-2,4,7,12H,3,5H2. The number of hydrogen-bond acceptors (Lipinski definition) is 3. The zero-order valence-electron chi connectivity index (χ0n) is 6.78. The molecular weight excluding hydrogens is 318 g/mol. The second-order valence-corrected chi connectivity index (χ2v) is 5.04. The third kappa shape index (κ3) is 4.44. The normalized spacial score (nSPS) is 12.8. The molecule has 0 aliphatic carbocycles. The Hall–Kier alpha value is 0.420. The maximum Gasteiger partial charge on any atom is 0.0961 e. The van der Waals surface area contributed by atoms with Gasteiger partial charge in [0.1, 0.15) is 0 Å². The average molecular weight is 327 g/mol. The molecule has 0 saturated heterocycles. The van der Waals surface area contributed by atoms with E-state index in [1.54, 1.807) is 18.0 Å². The van der Waals surface area contributed by atoms with E-state index in [1.165, 1.54) is 0 Å². The average Bonchev–Trinajstić information content (AvgIpc) is 2.16. The smallest absolute Gasteiger partial charge is 0.0961 e. The van der Waals surface area contributed by atoms with Gasteiger partial charge in [-0.2, -0.15) is 0 Å². The maximum atomic E-state index is 9.27. The molecule has 1 rings (SSSR count). The predicted octanol–water partition coefficient (Wildman–Crippen LogP) is 2.69. The number of halogens is 2. The van der Waals surface area contributed by atoms with Gasteiger partial charge in [0, 0.05) is 21.8 Å². The molecule has 0 aliphatic rings. The van der Waals surface area contributed by atoms with Crippen molar-refractivity contribution in [3.05, 3.63) is 22.8 Å². The van der Waals surface area contributed by atoms with Crippen LogP contribution in [0.25, 0.3) is 0 Å². The van der Waals surface area contributed by atoms with Crippen LogP contribution in [-0.4, -0.2) is 27.3 Å². The summed E-state index contributed by atoms with van der Waals surface area (Å²) >= 11 is 8.07. The first kappa shape index (κ1) is 11.5. The zero-order chi connectivity index (χ0) is 9.68. The molecule has 72 valence electrons. The van der Waals surface area contributed by atoms with E-state index in [0.29, 0.717) is 11.1 Å². The van der Waals surface area contributed by atoms with Crippen LogP contribution in [0, 0.1) is 0 Å². The highest BCUT2D eigenvalue weighted by Crippen LogP contribution is 2.18. The highest BCUT2D eigenvalue weighted by atomic mass is 79.9. The summed E-state index contributed by atoms with van der Waals surface area (Å²) in [4.78, 5) is 4.17. The van der Waals surface area contributed by atoms with Crippen LogP contribution in [0.2, 0.25) is 0 Å². The summed E-state index contributed by atoms with van der Waals surface area (Å²) in [5, 5.41) is 10.8. The van der Waals surface area contributed by atoms with Crippen LogP contribution in [0.5, 0.6) is 0 Å². The Balaban J connectivity index is 2.41. The molecule has 0 bridgehead atoms. The van der Waals surface area contributed by atoms with Gasteiger partial charge in [-0.3, -0.25) is 0 Å². The van der Waals surface area contributed by atoms with Crippen molar-refractivity contribution in [2.75, 3.05) is 11.1 Å². The monoisotopic (exact) mass is 325 g/mol. The van der Waals surface area contributed by atoms with Crippen LogP contribution in [0.4, 0.5) is 0 Å². The molecule has 1 aromatic rings. The summed E-state index contributed by atoms with van der Waals surface area (Å²) in [7, 11) is 0. The third-order valence-corrected chi connectivity index (χ3v) is 3.61. The molecule has 1 aromatic heterocycles. The summed E-state index contributed by atoms with van der Waals surface area (Å²) in [5.74, 6) is 0.667. The first-order valence-corrected chi connectivity index (χ1v) is 6.60. The van der Waals surface area contributed by atoms with Crippen molar-refractivity contribution < 1.29 is 5.11 Å². The summed E-state index contributed by atoms with van der Waals surface area (Å²) in [6, 6.07) is 3.87. The van der Waals surface area contributed by atoms with Crippen LogP contribution in [0.15, 0.2) is 27.8 Å². The van der Waals surface area contributed by atoms with Gasteiger partial charge >= 0.3 is 0 Å². The molecule has 0 spiro atoms. The van der Waals surface area contributed by atoms with E-state index in [2.05, 4.69) is 36.8 Å². The molecule has 13 heavy (non-hydrogen) atoms. The Bertz CT molecular complexity index is 255. The summed E-state index contributed by atoms with van der Waals surface area (Å²) in [6.45, 7) is 0. The minimum Gasteiger partial charge on any atom is -0.391 e. The first-order chi connectivity index (χ1) is 6.22. The van der Waals surface area contributed by atoms with E-state index in [9.17, 15) is 5.11 Å². The number of aliphatic hydroxyl groups is 1. The van der Waals surface area contributed by atoms with Crippen LogP contribution in [0.1, 0.15) is 0 Å². The fraction of sp³-hybridized carbons (Fsp3) is 0.375. The second kappa shape index (κ2) is 6.01. The lowest BCUT2D eigenvalue weighted by Gasteiger charge is -2.05. The van der Waals surface area contributed by atoms with E-state index in [-0.39, 0.29) is 6.10 Å². The Kier molecular flexibility index (Phi) is 5.31. The molecule has 0 amide bonds. The van der Waals surface area contributed by atoms with Crippen molar-refractivity contribution in [1.29, 1.82) is 0 Å². The van der Waals surface area contributed by atoms with Gasteiger partial charge in [-0.25, -0.2) is 4.98 Å². The Morgan fingerprint density at radius 3 is 2.85 bits per heavy atom. The van der Waals surface area contributed by atoms with Crippen molar-refractivity contribution in [2.24, 2.45) is 0 Å². The van der Waals surface area contributed by atoms with Crippen LogP contribution in [-0.2, 0) is 0 Å². The van der Waals surface area contributed by atoms with E-state index >= 15 is 0 Å². The number of nitrogens with zero attached hydrogens (tertiary/aromatic N) is 1. The van der Waals surface area contributed by atoms with Gasteiger partial charge in [0.15, 0.2) is 0 Å². The van der Waals surface area contributed by atoms with Crippen molar-refractivity contribution in [1.82, 2.24) is 4.98 Å². The molecule has 1 unspecified atom stereocenters. The van der Waals surface area contributed by atoms with Gasteiger partial charge in [-0.05, 0) is 28.1 Å². The van der Waals surface area contributed by atoms with Gasteiger partial charge < -0.3 is 5.11 Å². The van der Waals surface area contributed by atoms with Gasteiger partial charge in [0.05, 0.1) is 11.1 Å². The quantitative estimate of drug-likeness (QED) is 0.682. The third-order valence-electron chi connectivity index (χ3n) is 1.30. The second-order valence-electron chi connectivity index (χ2n) is 2.43. The van der Waals surface area contributed by atoms with Crippen LogP contribution >= 0.6 is 43.6 Å². The molecule has 0 saturated carbocycles. The van der Waals surface area contributed by atoms with Crippen molar-refractivity contribution >= 4 is 43.6 Å². The largest absolute Gasteiger partial charge is 0.391 e. The lowest BCUT2D eigenvalue weighted by atomic mass is 10.5. The minimum absolute atomic E-state index is 0.310. The first-order valence-electron chi connectivity index (χ1n) is 3.70.